The number of methoxy groups -OCH3 is 2. The van der Waals surface area contributed by atoms with Crippen molar-refractivity contribution >= 4 is 28.5 Å². The van der Waals surface area contributed by atoms with Gasteiger partial charge in [-0.3, -0.25) is 9.69 Å². The molecule has 1 atom stereocenters. The third-order valence-corrected chi connectivity index (χ3v) is 6.78. The molecule has 0 bridgehead atoms. The van der Waals surface area contributed by atoms with Crippen LogP contribution in [0.25, 0.3) is 5.70 Å². The van der Waals surface area contributed by atoms with E-state index in [1.54, 1.807) is 25.2 Å². The lowest BCUT2D eigenvalue weighted by molar-refractivity contribution is -0.125. The molecule has 5 nitrogen and oxygen atoms in total. The maximum Gasteiger partial charge on any atom is 0.239 e. The van der Waals surface area contributed by atoms with Gasteiger partial charge in [-0.15, -0.1) is 0 Å². The van der Waals surface area contributed by atoms with Crippen molar-refractivity contribution in [3.8, 4) is 11.5 Å². The molecule has 154 valence electrons. The van der Waals surface area contributed by atoms with Crippen molar-refractivity contribution in [3.05, 3.63) is 64.5 Å². The lowest BCUT2D eigenvalue weighted by atomic mass is 9.90. The van der Waals surface area contributed by atoms with E-state index >= 15 is 0 Å². The number of amidine groups is 1. The van der Waals surface area contributed by atoms with E-state index in [-0.39, 0.29) is 17.8 Å². The van der Waals surface area contributed by atoms with Gasteiger partial charge in [-0.25, -0.2) is 9.38 Å². The summed E-state index contributed by atoms with van der Waals surface area (Å²) in [6.45, 7) is 0. The van der Waals surface area contributed by atoms with Crippen LogP contribution in [0.4, 0.5) is 4.39 Å². The Morgan fingerprint density at radius 2 is 1.93 bits per heavy atom. The summed E-state index contributed by atoms with van der Waals surface area (Å²) in [4.78, 5) is 19.5. The number of rotatable bonds is 3. The number of thioether (sulfide) groups is 1. The number of aliphatic imine (C=N–C) groups is 1. The van der Waals surface area contributed by atoms with E-state index in [0.717, 1.165) is 47.2 Å². The first-order valence-corrected chi connectivity index (χ1v) is 10.9. The first-order chi connectivity index (χ1) is 14.6. The number of nitrogens with zero attached hydrogens (tertiary/aromatic N) is 2. The maximum absolute atomic E-state index is 14.1. The second kappa shape index (κ2) is 7.47. The minimum Gasteiger partial charge on any atom is -0.493 e. The minimum absolute atomic E-state index is 0.0359. The van der Waals surface area contributed by atoms with Gasteiger partial charge in [0.25, 0.3) is 0 Å². The van der Waals surface area contributed by atoms with E-state index in [9.17, 15) is 9.18 Å². The van der Waals surface area contributed by atoms with Crippen LogP contribution in [-0.2, 0) is 11.2 Å². The first kappa shape index (κ1) is 19.2. The molecule has 0 saturated carbocycles. The van der Waals surface area contributed by atoms with E-state index in [2.05, 4.69) is 0 Å². The molecule has 2 heterocycles. The third-order valence-electron chi connectivity index (χ3n) is 5.84. The zero-order valence-electron chi connectivity index (χ0n) is 16.8. The standard InChI is InChI=1S/C23H21FN2O3S/c1-28-18-9-7-14(10-19(18)29-2)22-16-5-3-4-13-6-8-15(24)11-17(13)21(16)25-23-26(22)20(27)12-30-23/h6-11,22H,3-5,12H2,1-2H3. The molecular formula is C23H21FN2O3S. The number of ether oxygens (including phenoxy) is 2. The van der Waals surface area contributed by atoms with Crippen LogP contribution in [0, 0.1) is 5.82 Å². The normalized spacial score (nSPS) is 20.2. The Morgan fingerprint density at radius 3 is 2.73 bits per heavy atom. The van der Waals surface area contributed by atoms with E-state index in [1.807, 2.05) is 24.3 Å². The zero-order valence-corrected chi connectivity index (χ0v) is 17.6. The van der Waals surface area contributed by atoms with Gasteiger partial charge in [0, 0.05) is 5.56 Å². The molecule has 2 aliphatic heterocycles. The average molecular weight is 424 g/mol. The number of carbonyl (C=O) groups is 1. The van der Waals surface area contributed by atoms with Gasteiger partial charge in [0.05, 0.1) is 31.7 Å². The summed E-state index contributed by atoms with van der Waals surface area (Å²) >= 11 is 1.43. The third kappa shape index (κ3) is 2.99. The van der Waals surface area contributed by atoms with Crippen LogP contribution in [0.1, 0.15) is 35.6 Å². The molecule has 2 aromatic rings. The molecule has 3 aliphatic rings. The van der Waals surface area contributed by atoms with Crippen LogP contribution in [-0.4, -0.2) is 35.9 Å². The molecule has 0 spiro atoms. The van der Waals surface area contributed by atoms with Crippen LogP contribution in [0.5, 0.6) is 11.5 Å². The highest BCUT2D eigenvalue weighted by atomic mass is 32.2. The number of aryl methyl sites for hydroxylation is 1. The molecule has 7 heteroatoms. The lowest BCUT2D eigenvalue weighted by Crippen LogP contribution is -2.37. The van der Waals surface area contributed by atoms with Crippen molar-refractivity contribution in [1.29, 1.82) is 0 Å². The lowest BCUT2D eigenvalue weighted by Gasteiger charge is -2.34. The van der Waals surface area contributed by atoms with Gasteiger partial charge >= 0.3 is 0 Å². The van der Waals surface area contributed by atoms with Gasteiger partial charge in [-0.05, 0) is 60.2 Å². The second-order valence-electron chi connectivity index (χ2n) is 7.49. The summed E-state index contributed by atoms with van der Waals surface area (Å²) in [6, 6.07) is 10.4. The highest BCUT2D eigenvalue weighted by Crippen LogP contribution is 2.48. The highest BCUT2D eigenvalue weighted by molar-refractivity contribution is 8.15. The Labute approximate surface area is 178 Å². The number of carbonyl (C=O) groups excluding carboxylic acids is 1. The van der Waals surface area contributed by atoms with E-state index in [4.69, 9.17) is 14.5 Å². The molecule has 0 aromatic heterocycles. The number of benzene rings is 2. The van der Waals surface area contributed by atoms with Crippen molar-refractivity contribution < 1.29 is 18.7 Å². The highest BCUT2D eigenvalue weighted by Gasteiger charge is 2.42. The van der Waals surface area contributed by atoms with E-state index in [0.29, 0.717) is 22.4 Å². The Kier molecular flexibility index (Phi) is 4.77. The average Bonchev–Trinajstić information content (AvgIpc) is 3.03. The summed E-state index contributed by atoms with van der Waals surface area (Å²) in [7, 11) is 3.20. The number of hydrogen-bond donors (Lipinski definition) is 0. The van der Waals surface area contributed by atoms with Crippen LogP contribution < -0.4 is 9.47 Å². The van der Waals surface area contributed by atoms with Gasteiger partial charge in [-0.2, -0.15) is 0 Å². The Hall–Kier alpha value is -2.80. The Balaban J connectivity index is 1.73. The summed E-state index contributed by atoms with van der Waals surface area (Å²) in [5.74, 6) is 1.37. The topological polar surface area (TPSA) is 51.1 Å². The van der Waals surface area contributed by atoms with Gasteiger partial charge in [0.1, 0.15) is 5.82 Å². The predicted octanol–water partition coefficient (Wildman–Crippen LogP) is 4.58. The zero-order chi connectivity index (χ0) is 20.8. The fourth-order valence-corrected chi connectivity index (χ4v) is 5.38. The van der Waals surface area contributed by atoms with Crippen molar-refractivity contribution in [3.63, 3.8) is 0 Å². The van der Waals surface area contributed by atoms with Crippen molar-refractivity contribution in [2.24, 2.45) is 4.99 Å². The summed E-state index contributed by atoms with van der Waals surface area (Å²) in [5, 5.41) is 0.677. The number of amides is 1. The molecule has 30 heavy (non-hydrogen) atoms. The molecule has 0 radical (unpaired) electrons. The summed E-state index contributed by atoms with van der Waals surface area (Å²) in [5.41, 5.74) is 4.71. The molecule has 2 aromatic carbocycles. The van der Waals surface area contributed by atoms with Crippen LogP contribution in [0.15, 0.2) is 47.0 Å². The first-order valence-electron chi connectivity index (χ1n) is 9.88. The molecular weight excluding hydrogens is 403 g/mol. The van der Waals surface area contributed by atoms with Crippen LogP contribution >= 0.6 is 11.8 Å². The van der Waals surface area contributed by atoms with Crippen molar-refractivity contribution in [2.75, 3.05) is 20.0 Å². The minimum atomic E-state index is -0.288. The molecule has 1 fully saturated rings. The second-order valence-corrected chi connectivity index (χ2v) is 8.44. The largest absolute Gasteiger partial charge is 0.493 e. The van der Waals surface area contributed by atoms with Crippen LogP contribution in [0.2, 0.25) is 0 Å². The summed E-state index contributed by atoms with van der Waals surface area (Å²) in [6.07, 6.45) is 2.56. The molecule has 1 unspecified atom stereocenters. The van der Waals surface area contributed by atoms with Crippen LogP contribution in [0.3, 0.4) is 0 Å². The van der Waals surface area contributed by atoms with E-state index in [1.165, 1.54) is 17.8 Å². The Bertz CT molecular complexity index is 1110. The molecule has 1 aliphatic carbocycles. The maximum atomic E-state index is 14.1. The monoisotopic (exact) mass is 424 g/mol. The summed E-state index contributed by atoms with van der Waals surface area (Å²) < 4.78 is 25.0. The van der Waals surface area contributed by atoms with Gasteiger partial charge < -0.3 is 9.47 Å². The van der Waals surface area contributed by atoms with Gasteiger partial charge in [0.15, 0.2) is 16.7 Å². The van der Waals surface area contributed by atoms with Gasteiger partial charge in [0.2, 0.25) is 5.91 Å². The predicted molar refractivity (Wildman–Crippen MR) is 115 cm³/mol. The smallest absolute Gasteiger partial charge is 0.239 e. The fourth-order valence-electron chi connectivity index (χ4n) is 4.48. The fraction of sp³-hybridized carbons (Fsp3) is 0.304. The molecule has 5 rings (SSSR count). The Morgan fingerprint density at radius 1 is 1.10 bits per heavy atom. The number of halogens is 1. The molecule has 1 amide bonds. The van der Waals surface area contributed by atoms with Gasteiger partial charge in [-0.1, -0.05) is 23.9 Å². The molecule has 1 saturated heterocycles. The SMILES string of the molecule is COc1ccc(C2C3=C(N=C4SCC(=O)N42)c2cc(F)ccc2CCC3)cc1OC. The van der Waals surface area contributed by atoms with Crippen molar-refractivity contribution in [1.82, 2.24) is 4.90 Å². The number of fused-ring (bicyclic) bond motifs is 3. The van der Waals surface area contributed by atoms with E-state index < -0.39 is 0 Å². The van der Waals surface area contributed by atoms with Crippen molar-refractivity contribution in [2.45, 2.75) is 25.3 Å². The quantitative estimate of drug-likeness (QED) is 0.724. The molecule has 0 N–H and O–H groups in total. The number of hydrogen-bond acceptors (Lipinski definition) is 5.